The predicted molar refractivity (Wildman–Crippen MR) is 233 cm³/mol. The van der Waals surface area contributed by atoms with Crippen molar-refractivity contribution >= 4 is 29.3 Å². The summed E-state index contributed by atoms with van der Waals surface area (Å²) in [5.74, 6) is -1.01. The van der Waals surface area contributed by atoms with E-state index >= 15 is 0 Å². The molecule has 3 amide bonds. The lowest BCUT2D eigenvalue weighted by Gasteiger charge is -2.16. The molecule has 60 heavy (non-hydrogen) atoms. The van der Waals surface area contributed by atoms with Gasteiger partial charge in [0.2, 0.25) is 17.7 Å². The third kappa shape index (κ3) is 34.4. The average molecular weight is 852 g/mol. The first-order chi connectivity index (χ1) is 29.2. The summed E-state index contributed by atoms with van der Waals surface area (Å²) in [6.45, 7) is 4.97. The van der Waals surface area contributed by atoms with Crippen LogP contribution in [0.3, 0.4) is 0 Å². The molecule has 346 valence electrons. The predicted octanol–water partition coefficient (Wildman–Crippen LogP) is 4.37. The van der Waals surface area contributed by atoms with Crippen LogP contribution < -0.4 is 27.4 Å². The number of Topliss-reactive ketones (excluding diaryl/α,β-unsaturated/α-hetero) is 2. The van der Waals surface area contributed by atoms with E-state index in [0.717, 1.165) is 18.5 Å². The second-order valence-corrected chi connectivity index (χ2v) is 15.6. The molecule has 1 aromatic heterocycles. The number of aromatic amines is 1. The Kier molecular flexibility index (Phi) is 36.3. The summed E-state index contributed by atoms with van der Waals surface area (Å²) in [4.78, 5) is 67.1. The third-order valence-corrected chi connectivity index (χ3v) is 10.1. The second-order valence-electron chi connectivity index (χ2n) is 15.6. The smallest absolute Gasteiger partial charge is 0.245 e. The number of amides is 3. The number of nitrogens with zero attached hydrogens (tertiary/aromatic N) is 1. The molecular weight excluding hydrogens is 771 g/mol. The number of ether oxygens (including phenoxy) is 4. The summed E-state index contributed by atoms with van der Waals surface area (Å²) in [5.41, 5.74) is 12.2. The summed E-state index contributed by atoms with van der Waals surface area (Å²) in [7, 11) is 0. The zero-order valence-electron chi connectivity index (χ0n) is 36.9. The van der Waals surface area contributed by atoms with E-state index in [4.69, 9.17) is 30.4 Å². The summed E-state index contributed by atoms with van der Waals surface area (Å²) < 4.78 is 21.7. The molecule has 0 unspecified atom stereocenters. The number of H-pyrrole nitrogens is 1. The molecular formula is C44H81N7O9. The molecule has 1 aromatic rings. The highest BCUT2D eigenvalue weighted by Gasteiger charge is 2.19. The van der Waals surface area contributed by atoms with Gasteiger partial charge in [0.1, 0.15) is 13.2 Å². The first kappa shape index (κ1) is 54.7. The highest BCUT2D eigenvalue weighted by atomic mass is 16.5. The standard InChI is InChI=1S/C44H81N7O9/c1-2-3-4-5-6-7-8-9-10-11-12-13-14-15-16-22-42(54)49-24-26-58-28-29-59-34-38(52)20-19-25-57-27-30-60-35-43(55)48-23-18-17-21-40(44(46)56)50-33-41(53)39(45)31-37-32-47-36-51-37/h32,36,39-40,50H,2-31,33-35,45H2,1H3,(H2,46,56)(H,47,51)(H,48,55)(H,49,54)/t39-,40-/m0/s1. The molecule has 0 fully saturated rings. The quantitative estimate of drug-likeness (QED) is 0.0502. The van der Waals surface area contributed by atoms with Crippen LogP contribution in [-0.2, 0) is 49.3 Å². The van der Waals surface area contributed by atoms with Crippen LogP contribution in [0.4, 0.5) is 0 Å². The van der Waals surface area contributed by atoms with Crippen molar-refractivity contribution in [2.24, 2.45) is 11.5 Å². The van der Waals surface area contributed by atoms with Crippen molar-refractivity contribution in [2.75, 3.05) is 72.5 Å². The Labute approximate surface area is 359 Å². The van der Waals surface area contributed by atoms with E-state index in [1.165, 1.54) is 89.8 Å². The lowest BCUT2D eigenvalue weighted by Crippen LogP contribution is -2.47. The van der Waals surface area contributed by atoms with Gasteiger partial charge in [-0.05, 0) is 32.1 Å². The number of rotatable bonds is 45. The highest BCUT2D eigenvalue weighted by molar-refractivity contribution is 5.87. The van der Waals surface area contributed by atoms with Crippen molar-refractivity contribution in [2.45, 2.75) is 160 Å². The number of carbonyl (C=O) groups excluding carboxylic acids is 5. The first-order valence-corrected chi connectivity index (χ1v) is 22.9. The minimum atomic E-state index is -0.729. The number of imidazole rings is 1. The fourth-order valence-corrected chi connectivity index (χ4v) is 6.44. The Balaban J connectivity index is 1.83. The zero-order chi connectivity index (χ0) is 43.7. The Hall–Kier alpha value is -3.28. The van der Waals surface area contributed by atoms with Crippen LogP contribution >= 0.6 is 0 Å². The Morgan fingerprint density at radius 1 is 0.650 bits per heavy atom. The fourth-order valence-electron chi connectivity index (χ4n) is 6.44. The van der Waals surface area contributed by atoms with Crippen LogP contribution in [0.25, 0.3) is 0 Å². The molecule has 1 rings (SSSR count). The first-order valence-electron chi connectivity index (χ1n) is 22.9. The molecule has 2 atom stereocenters. The molecule has 0 aliphatic rings. The normalized spacial score (nSPS) is 12.3. The molecule has 0 saturated carbocycles. The molecule has 0 saturated heterocycles. The SMILES string of the molecule is CCCCCCCCCCCCCCCCCC(=O)NCCOCCOCC(=O)CCCOCCOCC(=O)NCCCC[C@H](NCC(=O)[C@@H](N)Cc1cnc[nH]1)C(N)=O. The Morgan fingerprint density at radius 3 is 1.85 bits per heavy atom. The van der Waals surface area contributed by atoms with Crippen LogP contribution in [0.15, 0.2) is 12.5 Å². The molecule has 1 heterocycles. The molecule has 0 bridgehead atoms. The van der Waals surface area contributed by atoms with E-state index in [-0.39, 0.29) is 49.7 Å². The molecule has 16 nitrogen and oxygen atoms in total. The minimum Gasteiger partial charge on any atom is -0.379 e. The number of hydrogen-bond acceptors (Lipinski definition) is 12. The van der Waals surface area contributed by atoms with Crippen molar-refractivity contribution in [3.05, 3.63) is 18.2 Å². The van der Waals surface area contributed by atoms with E-state index in [1.54, 1.807) is 6.20 Å². The maximum atomic E-state index is 12.3. The van der Waals surface area contributed by atoms with Crippen LogP contribution in [0.2, 0.25) is 0 Å². The minimum absolute atomic E-state index is 0.0176. The van der Waals surface area contributed by atoms with E-state index < -0.39 is 18.0 Å². The number of carbonyl (C=O) groups is 5. The van der Waals surface area contributed by atoms with Crippen LogP contribution in [0.1, 0.15) is 147 Å². The van der Waals surface area contributed by atoms with E-state index in [2.05, 4.69) is 32.8 Å². The van der Waals surface area contributed by atoms with Gasteiger partial charge in [-0.1, -0.05) is 96.8 Å². The lowest BCUT2D eigenvalue weighted by molar-refractivity contribution is -0.127. The van der Waals surface area contributed by atoms with Crippen molar-refractivity contribution < 1.29 is 42.9 Å². The number of ketones is 2. The van der Waals surface area contributed by atoms with Gasteiger partial charge in [-0.25, -0.2) is 4.98 Å². The van der Waals surface area contributed by atoms with Gasteiger partial charge in [-0.15, -0.1) is 0 Å². The van der Waals surface area contributed by atoms with Crippen molar-refractivity contribution in [1.82, 2.24) is 25.9 Å². The topological polar surface area (TPSA) is 239 Å². The summed E-state index contributed by atoms with van der Waals surface area (Å²) in [6.07, 6.45) is 26.1. The van der Waals surface area contributed by atoms with Gasteiger partial charge >= 0.3 is 0 Å². The molecule has 8 N–H and O–H groups in total. The largest absolute Gasteiger partial charge is 0.379 e. The number of nitrogens with two attached hydrogens (primary N) is 2. The van der Waals surface area contributed by atoms with Crippen LogP contribution in [0, 0.1) is 0 Å². The lowest BCUT2D eigenvalue weighted by atomic mass is 10.0. The summed E-state index contributed by atoms with van der Waals surface area (Å²) in [5, 5.41) is 8.55. The maximum absolute atomic E-state index is 12.3. The zero-order valence-corrected chi connectivity index (χ0v) is 36.9. The molecule has 0 aliphatic heterocycles. The Bertz CT molecular complexity index is 1220. The number of primary amides is 1. The van der Waals surface area contributed by atoms with E-state index in [1.807, 2.05) is 0 Å². The van der Waals surface area contributed by atoms with Gasteiger partial charge in [0.25, 0.3) is 0 Å². The summed E-state index contributed by atoms with van der Waals surface area (Å²) in [6, 6.07) is -1.41. The molecule has 0 spiro atoms. The van der Waals surface area contributed by atoms with Gasteiger partial charge in [0.05, 0.1) is 58.0 Å². The molecule has 0 radical (unpaired) electrons. The molecule has 16 heteroatoms. The van der Waals surface area contributed by atoms with Crippen molar-refractivity contribution in [1.29, 1.82) is 0 Å². The maximum Gasteiger partial charge on any atom is 0.245 e. The van der Waals surface area contributed by atoms with Gasteiger partial charge in [-0.3, -0.25) is 29.3 Å². The number of unbranched alkanes of at least 4 members (excludes halogenated alkanes) is 15. The van der Waals surface area contributed by atoms with Gasteiger partial charge < -0.3 is 46.0 Å². The van der Waals surface area contributed by atoms with Gasteiger partial charge in [0, 0.05) is 50.8 Å². The monoisotopic (exact) mass is 852 g/mol. The second kappa shape index (κ2) is 39.8. The molecule has 0 aliphatic carbocycles. The number of nitrogens with one attached hydrogen (secondary N) is 4. The van der Waals surface area contributed by atoms with E-state index in [0.29, 0.717) is 91.1 Å². The van der Waals surface area contributed by atoms with Crippen molar-refractivity contribution in [3.8, 4) is 0 Å². The van der Waals surface area contributed by atoms with Gasteiger partial charge in [0.15, 0.2) is 11.6 Å². The average Bonchev–Trinajstić information content (AvgIpc) is 3.75. The number of hydrogen-bond donors (Lipinski definition) is 6. The van der Waals surface area contributed by atoms with Gasteiger partial charge in [-0.2, -0.15) is 0 Å². The Morgan fingerprint density at radius 2 is 1.23 bits per heavy atom. The van der Waals surface area contributed by atoms with Crippen LogP contribution in [-0.4, -0.2) is 124 Å². The molecule has 0 aromatic carbocycles. The van der Waals surface area contributed by atoms with Crippen LogP contribution in [0.5, 0.6) is 0 Å². The highest BCUT2D eigenvalue weighted by Crippen LogP contribution is 2.14. The third-order valence-electron chi connectivity index (χ3n) is 10.1. The van der Waals surface area contributed by atoms with Crippen molar-refractivity contribution in [3.63, 3.8) is 0 Å². The van der Waals surface area contributed by atoms with E-state index in [9.17, 15) is 24.0 Å². The summed E-state index contributed by atoms with van der Waals surface area (Å²) >= 11 is 0. The number of aromatic nitrogens is 2. The fraction of sp³-hybridized carbons (Fsp3) is 0.818.